The van der Waals surface area contributed by atoms with E-state index < -0.39 is 18.1 Å². The van der Waals surface area contributed by atoms with E-state index in [1.54, 1.807) is 32.0 Å². The Balaban J connectivity index is 1.70. The third-order valence-electron chi connectivity index (χ3n) is 4.72. The molecule has 0 saturated carbocycles. The standard InChI is InChI=1S/C21H23N3O4S/c1-10-7-6-8-15(9-10)18(25)22-12(3)21(27)28-13(4)17-23-19(26)16-11(2)14(5)29-20(16)24-17/h6-9,12-13H,1-5H3,(H,22,25)(H,23,24,26)/t12-,13-/m0/s1. The van der Waals surface area contributed by atoms with Crippen LogP contribution in [-0.2, 0) is 9.53 Å². The van der Waals surface area contributed by atoms with Crippen molar-refractivity contribution < 1.29 is 14.3 Å². The number of amides is 1. The second-order valence-electron chi connectivity index (χ2n) is 7.06. The van der Waals surface area contributed by atoms with Gasteiger partial charge in [0, 0.05) is 10.4 Å². The Morgan fingerprint density at radius 3 is 2.62 bits per heavy atom. The molecule has 1 aromatic carbocycles. The summed E-state index contributed by atoms with van der Waals surface area (Å²) >= 11 is 1.43. The zero-order chi connectivity index (χ0) is 21.3. The fourth-order valence-corrected chi connectivity index (χ4v) is 3.96. The predicted molar refractivity (Wildman–Crippen MR) is 112 cm³/mol. The fraction of sp³-hybridized carbons (Fsp3) is 0.333. The Bertz CT molecular complexity index is 1150. The number of hydrogen-bond acceptors (Lipinski definition) is 6. The number of aromatic amines is 1. The van der Waals surface area contributed by atoms with Crippen molar-refractivity contribution in [1.29, 1.82) is 0 Å². The minimum absolute atomic E-state index is 0.254. The van der Waals surface area contributed by atoms with Crippen LogP contribution in [0.1, 0.15) is 52.1 Å². The maximum Gasteiger partial charge on any atom is 0.329 e. The van der Waals surface area contributed by atoms with E-state index in [1.807, 2.05) is 26.8 Å². The Kier molecular flexibility index (Phi) is 5.83. The van der Waals surface area contributed by atoms with E-state index in [9.17, 15) is 14.4 Å². The SMILES string of the molecule is Cc1cccc(C(=O)N[C@@H](C)C(=O)O[C@@H](C)c2nc3sc(C)c(C)c3c(=O)[nH]2)c1. The molecule has 2 atom stereocenters. The summed E-state index contributed by atoms with van der Waals surface area (Å²) in [5.41, 5.74) is 2.07. The van der Waals surface area contributed by atoms with Crippen LogP contribution >= 0.6 is 11.3 Å². The molecular weight excluding hydrogens is 390 g/mol. The van der Waals surface area contributed by atoms with Gasteiger partial charge in [0.15, 0.2) is 11.9 Å². The summed E-state index contributed by atoms with van der Waals surface area (Å²) in [6.45, 7) is 8.88. The van der Waals surface area contributed by atoms with Crippen molar-refractivity contribution in [3.05, 3.63) is 62.0 Å². The molecule has 1 amide bonds. The third-order valence-corrected chi connectivity index (χ3v) is 5.82. The Hall–Kier alpha value is -3.00. The minimum Gasteiger partial charge on any atom is -0.453 e. The van der Waals surface area contributed by atoms with Crippen LogP contribution in [0.15, 0.2) is 29.1 Å². The van der Waals surface area contributed by atoms with Gasteiger partial charge in [-0.15, -0.1) is 11.3 Å². The van der Waals surface area contributed by atoms with Crippen molar-refractivity contribution >= 4 is 33.4 Å². The Morgan fingerprint density at radius 2 is 1.93 bits per heavy atom. The second kappa shape index (κ2) is 8.16. The summed E-state index contributed by atoms with van der Waals surface area (Å²) in [7, 11) is 0. The number of aromatic nitrogens is 2. The highest BCUT2D eigenvalue weighted by atomic mass is 32.1. The monoisotopic (exact) mass is 413 g/mol. The maximum atomic E-state index is 12.4. The Morgan fingerprint density at radius 1 is 1.21 bits per heavy atom. The zero-order valence-corrected chi connectivity index (χ0v) is 17.8. The van der Waals surface area contributed by atoms with Gasteiger partial charge in [0.05, 0.1) is 5.39 Å². The number of rotatable bonds is 5. The van der Waals surface area contributed by atoms with Gasteiger partial charge in [-0.3, -0.25) is 9.59 Å². The Labute approximate surface area is 172 Å². The average molecular weight is 413 g/mol. The molecule has 0 aliphatic heterocycles. The molecule has 7 nitrogen and oxygen atoms in total. The molecule has 0 spiro atoms. The van der Waals surface area contributed by atoms with E-state index >= 15 is 0 Å². The van der Waals surface area contributed by atoms with E-state index in [-0.39, 0.29) is 17.3 Å². The van der Waals surface area contributed by atoms with Crippen LogP contribution in [0.25, 0.3) is 10.2 Å². The van der Waals surface area contributed by atoms with Gasteiger partial charge in [-0.05, 0) is 52.3 Å². The molecule has 0 fully saturated rings. The average Bonchev–Trinajstić information content (AvgIpc) is 2.95. The molecule has 0 aliphatic carbocycles. The molecule has 8 heteroatoms. The largest absolute Gasteiger partial charge is 0.453 e. The number of aryl methyl sites for hydroxylation is 3. The summed E-state index contributed by atoms with van der Waals surface area (Å²) in [5.74, 6) is -0.697. The van der Waals surface area contributed by atoms with Crippen molar-refractivity contribution in [3.8, 4) is 0 Å². The summed E-state index contributed by atoms with van der Waals surface area (Å²) in [4.78, 5) is 45.9. The van der Waals surface area contributed by atoms with Crippen LogP contribution in [0.5, 0.6) is 0 Å². The fourth-order valence-electron chi connectivity index (χ4n) is 2.92. The molecule has 3 aromatic rings. The van der Waals surface area contributed by atoms with E-state index in [1.165, 1.54) is 11.3 Å². The quantitative estimate of drug-likeness (QED) is 0.625. The molecule has 0 radical (unpaired) electrons. The van der Waals surface area contributed by atoms with Crippen LogP contribution < -0.4 is 10.9 Å². The molecule has 2 N–H and O–H groups in total. The lowest BCUT2D eigenvalue weighted by Gasteiger charge is -2.17. The number of carbonyl (C=O) groups excluding carboxylic acids is 2. The summed E-state index contributed by atoms with van der Waals surface area (Å²) < 4.78 is 5.42. The van der Waals surface area contributed by atoms with Gasteiger partial charge in [-0.2, -0.15) is 0 Å². The number of hydrogen-bond donors (Lipinski definition) is 2. The van der Waals surface area contributed by atoms with Crippen LogP contribution in [0.3, 0.4) is 0 Å². The molecule has 0 bridgehead atoms. The normalized spacial score (nSPS) is 13.1. The highest BCUT2D eigenvalue weighted by molar-refractivity contribution is 7.18. The lowest BCUT2D eigenvalue weighted by atomic mass is 10.1. The number of nitrogens with one attached hydrogen (secondary N) is 2. The molecule has 0 unspecified atom stereocenters. The number of benzene rings is 1. The van der Waals surface area contributed by atoms with Crippen LogP contribution in [0.2, 0.25) is 0 Å². The lowest BCUT2D eigenvalue weighted by Crippen LogP contribution is -2.40. The number of fused-ring (bicyclic) bond motifs is 1. The summed E-state index contributed by atoms with van der Waals surface area (Å²) in [6.07, 6.45) is -0.763. The van der Waals surface area contributed by atoms with Crippen molar-refractivity contribution in [3.63, 3.8) is 0 Å². The number of thiophene rings is 1. The number of carbonyl (C=O) groups is 2. The molecule has 0 aliphatic rings. The molecule has 0 saturated heterocycles. The number of esters is 1. The number of H-pyrrole nitrogens is 1. The van der Waals surface area contributed by atoms with Gasteiger partial charge in [-0.25, -0.2) is 9.78 Å². The van der Waals surface area contributed by atoms with Gasteiger partial charge in [0.2, 0.25) is 0 Å². The van der Waals surface area contributed by atoms with E-state index in [0.717, 1.165) is 16.0 Å². The topological polar surface area (TPSA) is 101 Å². The number of nitrogens with zero attached hydrogens (tertiary/aromatic N) is 1. The maximum absolute atomic E-state index is 12.4. The first-order chi connectivity index (χ1) is 13.7. The van der Waals surface area contributed by atoms with Crippen molar-refractivity contribution in [1.82, 2.24) is 15.3 Å². The van der Waals surface area contributed by atoms with Crippen molar-refractivity contribution in [2.75, 3.05) is 0 Å². The number of ether oxygens (including phenoxy) is 1. The van der Waals surface area contributed by atoms with Gasteiger partial charge in [0.25, 0.3) is 11.5 Å². The smallest absolute Gasteiger partial charge is 0.329 e. The lowest BCUT2D eigenvalue weighted by molar-refractivity contribution is -0.150. The van der Waals surface area contributed by atoms with Gasteiger partial charge >= 0.3 is 5.97 Å². The first kappa shape index (κ1) is 20.7. The zero-order valence-electron chi connectivity index (χ0n) is 17.0. The summed E-state index contributed by atoms with van der Waals surface area (Å²) in [5, 5.41) is 3.19. The first-order valence-electron chi connectivity index (χ1n) is 9.25. The van der Waals surface area contributed by atoms with E-state index in [0.29, 0.717) is 15.8 Å². The minimum atomic E-state index is -0.854. The van der Waals surface area contributed by atoms with Gasteiger partial charge < -0.3 is 15.0 Å². The molecule has 152 valence electrons. The molecule has 29 heavy (non-hydrogen) atoms. The van der Waals surface area contributed by atoms with E-state index in [2.05, 4.69) is 15.3 Å². The second-order valence-corrected chi connectivity index (χ2v) is 8.26. The highest BCUT2D eigenvalue weighted by Gasteiger charge is 2.23. The molecule has 2 heterocycles. The van der Waals surface area contributed by atoms with Crippen molar-refractivity contribution in [2.24, 2.45) is 0 Å². The van der Waals surface area contributed by atoms with Crippen molar-refractivity contribution in [2.45, 2.75) is 46.8 Å². The third kappa shape index (κ3) is 4.37. The highest BCUT2D eigenvalue weighted by Crippen LogP contribution is 2.27. The van der Waals surface area contributed by atoms with Crippen LogP contribution in [-0.4, -0.2) is 27.9 Å². The molecule has 2 aromatic heterocycles. The predicted octanol–water partition coefficient (Wildman–Crippen LogP) is 3.33. The molecular formula is C21H23N3O4S. The van der Waals surface area contributed by atoms with E-state index in [4.69, 9.17) is 4.74 Å². The summed E-state index contributed by atoms with van der Waals surface area (Å²) in [6, 6.07) is 6.23. The van der Waals surface area contributed by atoms with Crippen LogP contribution in [0, 0.1) is 20.8 Å². The van der Waals surface area contributed by atoms with Gasteiger partial charge in [-0.1, -0.05) is 17.7 Å². The van der Waals surface area contributed by atoms with Crippen LogP contribution in [0.4, 0.5) is 0 Å². The first-order valence-corrected chi connectivity index (χ1v) is 10.1. The van der Waals surface area contributed by atoms with Gasteiger partial charge in [0.1, 0.15) is 10.9 Å². The molecule has 3 rings (SSSR count).